The van der Waals surface area contributed by atoms with Gasteiger partial charge in [-0.25, -0.2) is 0 Å². The third-order valence-corrected chi connectivity index (χ3v) is 2.68. The highest BCUT2D eigenvalue weighted by Gasteiger charge is 2.14. The Morgan fingerprint density at radius 1 is 1.27 bits per heavy atom. The zero-order valence-electron chi connectivity index (χ0n) is 8.61. The summed E-state index contributed by atoms with van der Waals surface area (Å²) in [6, 6.07) is 5.23. The van der Waals surface area contributed by atoms with Gasteiger partial charge in [-0.3, -0.25) is 0 Å². The van der Waals surface area contributed by atoms with Crippen LogP contribution >= 0.6 is 0 Å². The van der Waals surface area contributed by atoms with E-state index in [-0.39, 0.29) is 12.4 Å². The summed E-state index contributed by atoms with van der Waals surface area (Å²) in [4.78, 5) is 2.13. The molecule has 3 N–H and O–H groups in total. The molecule has 1 aliphatic heterocycles. The molecule has 4 nitrogen and oxygen atoms in total. The van der Waals surface area contributed by atoms with Gasteiger partial charge in [0.15, 0.2) is 0 Å². The summed E-state index contributed by atoms with van der Waals surface area (Å²) >= 11 is 0. The van der Waals surface area contributed by atoms with E-state index in [9.17, 15) is 5.11 Å². The zero-order valence-corrected chi connectivity index (χ0v) is 8.61. The van der Waals surface area contributed by atoms with Crippen molar-refractivity contribution in [1.29, 1.82) is 0 Å². The first-order valence-corrected chi connectivity index (χ1v) is 5.19. The molecule has 15 heavy (non-hydrogen) atoms. The van der Waals surface area contributed by atoms with Crippen LogP contribution in [-0.2, 0) is 6.61 Å². The number of benzene rings is 1. The van der Waals surface area contributed by atoms with Gasteiger partial charge >= 0.3 is 0 Å². The number of aliphatic hydroxyl groups excluding tert-OH is 1. The maximum Gasteiger partial charge on any atom is 0.138 e. The highest BCUT2D eigenvalue weighted by Crippen LogP contribution is 2.28. The van der Waals surface area contributed by atoms with Crippen molar-refractivity contribution in [1.82, 2.24) is 5.32 Å². The quantitative estimate of drug-likeness (QED) is 0.654. The van der Waals surface area contributed by atoms with Crippen LogP contribution in [0.3, 0.4) is 0 Å². The molecule has 82 valence electrons. The average Bonchev–Trinajstić information content (AvgIpc) is 2.31. The Kier molecular flexibility index (Phi) is 3.08. The first-order valence-electron chi connectivity index (χ1n) is 5.19. The van der Waals surface area contributed by atoms with Crippen LogP contribution in [0, 0.1) is 0 Å². The van der Waals surface area contributed by atoms with Crippen molar-refractivity contribution in [3.05, 3.63) is 23.8 Å². The van der Waals surface area contributed by atoms with Gasteiger partial charge in [-0.2, -0.15) is 0 Å². The Balaban J connectivity index is 2.24. The van der Waals surface area contributed by atoms with E-state index >= 15 is 0 Å². The predicted octanol–water partition coefficient (Wildman–Crippen LogP) is 0.294. The van der Waals surface area contributed by atoms with Crippen molar-refractivity contribution < 1.29 is 10.2 Å². The summed E-state index contributed by atoms with van der Waals surface area (Å²) in [5.41, 5.74) is 1.66. The van der Waals surface area contributed by atoms with E-state index < -0.39 is 0 Å². The van der Waals surface area contributed by atoms with E-state index in [1.807, 2.05) is 6.07 Å². The molecule has 0 unspecified atom stereocenters. The van der Waals surface area contributed by atoms with E-state index in [1.54, 1.807) is 12.1 Å². The molecule has 0 aliphatic carbocycles. The molecule has 0 amide bonds. The standard InChI is InChI=1S/C11H16N2O2/c14-8-9-1-2-11(15)10(7-9)13-5-3-12-4-6-13/h1-2,7,12,14-15H,3-6,8H2. The van der Waals surface area contributed by atoms with Gasteiger partial charge in [0.1, 0.15) is 5.75 Å². The lowest BCUT2D eigenvalue weighted by Crippen LogP contribution is -2.43. The van der Waals surface area contributed by atoms with Crippen molar-refractivity contribution in [3.8, 4) is 5.75 Å². The molecule has 1 aliphatic rings. The van der Waals surface area contributed by atoms with E-state index in [0.717, 1.165) is 37.4 Å². The first-order chi connectivity index (χ1) is 7.31. The number of phenols is 1. The minimum absolute atomic E-state index is 0.0133. The van der Waals surface area contributed by atoms with Gasteiger partial charge < -0.3 is 20.4 Å². The fraction of sp³-hybridized carbons (Fsp3) is 0.455. The van der Waals surface area contributed by atoms with E-state index in [2.05, 4.69) is 10.2 Å². The number of anilines is 1. The molecule has 0 bridgehead atoms. The largest absolute Gasteiger partial charge is 0.506 e. The van der Waals surface area contributed by atoms with Gasteiger partial charge in [0.05, 0.1) is 12.3 Å². The van der Waals surface area contributed by atoms with Crippen molar-refractivity contribution in [2.45, 2.75) is 6.61 Å². The van der Waals surface area contributed by atoms with Crippen LogP contribution in [0.4, 0.5) is 5.69 Å². The molecule has 1 aromatic carbocycles. The zero-order chi connectivity index (χ0) is 10.7. The highest BCUT2D eigenvalue weighted by atomic mass is 16.3. The third kappa shape index (κ3) is 2.22. The van der Waals surface area contributed by atoms with Crippen LogP contribution in [0.5, 0.6) is 5.75 Å². The van der Waals surface area contributed by atoms with Crippen LogP contribution in [0.2, 0.25) is 0 Å². The van der Waals surface area contributed by atoms with E-state index in [1.165, 1.54) is 0 Å². The number of nitrogens with one attached hydrogen (secondary N) is 1. The lowest BCUT2D eigenvalue weighted by Gasteiger charge is -2.30. The van der Waals surface area contributed by atoms with Crippen molar-refractivity contribution in [3.63, 3.8) is 0 Å². The minimum atomic E-state index is 0.0133. The Hall–Kier alpha value is -1.26. The number of piperazine rings is 1. The van der Waals surface area contributed by atoms with Gasteiger partial charge in [0.25, 0.3) is 0 Å². The van der Waals surface area contributed by atoms with Crippen LogP contribution in [0.1, 0.15) is 5.56 Å². The Morgan fingerprint density at radius 3 is 2.67 bits per heavy atom. The molecule has 4 heteroatoms. The van der Waals surface area contributed by atoms with E-state index in [0.29, 0.717) is 0 Å². The van der Waals surface area contributed by atoms with E-state index in [4.69, 9.17) is 5.11 Å². The third-order valence-electron chi connectivity index (χ3n) is 2.68. The summed E-state index contributed by atoms with van der Waals surface area (Å²) in [6.45, 7) is 3.66. The van der Waals surface area contributed by atoms with Crippen LogP contribution in [-0.4, -0.2) is 36.4 Å². The number of hydrogen-bond donors (Lipinski definition) is 3. The lowest BCUT2D eigenvalue weighted by atomic mass is 10.1. The normalized spacial score (nSPS) is 16.7. The average molecular weight is 208 g/mol. The summed E-state index contributed by atoms with van der Waals surface area (Å²) in [5.74, 6) is 0.286. The summed E-state index contributed by atoms with van der Waals surface area (Å²) in [7, 11) is 0. The Bertz CT molecular complexity index is 335. The molecule has 0 saturated carbocycles. The van der Waals surface area contributed by atoms with Crippen molar-refractivity contribution >= 4 is 5.69 Å². The maximum atomic E-state index is 9.74. The van der Waals surface area contributed by atoms with Gasteiger partial charge in [0, 0.05) is 26.2 Å². The van der Waals surface area contributed by atoms with Gasteiger partial charge in [0.2, 0.25) is 0 Å². The molecule has 0 atom stereocenters. The SMILES string of the molecule is OCc1ccc(O)c(N2CCNCC2)c1. The number of nitrogens with zero attached hydrogens (tertiary/aromatic N) is 1. The number of rotatable bonds is 2. The van der Waals surface area contributed by atoms with Gasteiger partial charge in [-0.1, -0.05) is 6.07 Å². The Labute approximate surface area is 89.1 Å². The Morgan fingerprint density at radius 2 is 2.00 bits per heavy atom. The monoisotopic (exact) mass is 208 g/mol. The van der Waals surface area contributed by atoms with Gasteiger partial charge in [-0.05, 0) is 17.7 Å². The second kappa shape index (κ2) is 4.51. The molecule has 0 aromatic heterocycles. The molecule has 0 spiro atoms. The number of phenolic OH excluding ortho intramolecular Hbond substituents is 1. The molecule has 0 radical (unpaired) electrons. The molecule has 1 aromatic rings. The number of hydrogen-bond acceptors (Lipinski definition) is 4. The van der Waals surface area contributed by atoms with Crippen molar-refractivity contribution in [2.75, 3.05) is 31.1 Å². The lowest BCUT2D eigenvalue weighted by molar-refractivity contribution is 0.281. The van der Waals surface area contributed by atoms with Crippen LogP contribution < -0.4 is 10.2 Å². The molecular formula is C11H16N2O2. The number of aromatic hydroxyl groups is 1. The number of aliphatic hydroxyl groups is 1. The fourth-order valence-corrected chi connectivity index (χ4v) is 1.83. The van der Waals surface area contributed by atoms with Crippen molar-refractivity contribution in [2.24, 2.45) is 0 Å². The predicted molar refractivity (Wildman–Crippen MR) is 59.1 cm³/mol. The fourth-order valence-electron chi connectivity index (χ4n) is 1.83. The summed E-state index contributed by atoms with van der Waals surface area (Å²) in [5, 5.41) is 22.0. The molecular weight excluding hydrogens is 192 g/mol. The molecule has 1 fully saturated rings. The molecule has 2 rings (SSSR count). The summed E-state index contributed by atoms with van der Waals surface area (Å²) in [6.07, 6.45) is 0. The molecule has 1 heterocycles. The minimum Gasteiger partial charge on any atom is -0.506 e. The highest BCUT2D eigenvalue weighted by molar-refractivity contribution is 5.59. The molecule has 1 saturated heterocycles. The first kappa shape index (κ1) is 10.3. The second-order valence-corrected chi connectivity index (χ2v) is 3.72. The topological polar surface area (TPSA) is 55.7 Å². The maximum absolute atomic E-state index is 9.74. The van der Waals surface area contributed by atoms with Gasteiger partial charge in [-0.15, -0.1) is 0 Å². The summed E-state index contributed by atoms with van der Waals surface area (Å²) < 4.78 is 0. The van der Waals surface area contributed by atoms with Crippen LogP contribution in [0.25, 0.3) is 0 Å². The second-order valence-electron chi connectivity index (χ2n) is 3.72. The van der Waals surface area contributed by atoms with Crippen LogP contribution in [0.15, 0.2) is 18.2 Å². The smallest absolute Gasteiger partial charge is 0.138 e.